The van der Waals surface area contributed by atoms with Gasteiger partial charge in [-0.3, -0.25) is 5.43 Å². The molecule has 1 heterocycles. The van der Waals surface area contributed by atoms with E-state index in [1.165, 1.54) is 0 Å². The molecule has 1 atom stereocenters. The zero-order valence-electron chi connectivity index (χ0n) is 10.0. The van der Waals surface area contributed by atoms with Gasteiger partial charge in [0.2, 0.25) is 5.71 Å². The van der Waals surface area contributed by atoms with E-state index in [0.717, 1.165) is 5.52 Å². The van der Waals surface area contributed by atoms with Crippen molar-refractivity contribution in [3.05, 3.63) is 24.0 Å². The highest BCUT2D eigenvalue weighted by atomic mass is 16.3. The summed E-state index contributed by atoms with van der Waals surface area (Å²) < 4.78 is 0. The molecule has 7 heteroatoms. The van der Waals surface area contributed by atoms with Gasteiger partial charge in [-0.05, 0) is 25.1 Å². The maximum Gasteiger partial charge on any atom is 0.237 e. The molecule has 19 heavy (non-hydrogen) atoms. The normalized spacial score (nSPS) is 11.4. The van der Waals surface area contributed by atoms with Crippen LogP contribution in [0.25, 0.3) is 11.0 Å². The number of nitriles is 2. The van der Waals surface area contributed by atoms with Crippen molar-refractivity contribution in [1.29, 1.82) is 10.5 Å². The minimum Gasteiger partial charge on any atom is -0.385 e. The van der Waals surface area contributed by atoms with Crippen LogP contribution in [0.15, 0.2) is 23.3 Å². The van der Waals surface area contributed by atoms with Gasteiger partial charge < -0.3 is 10.1 Å². The molecule has 2 aromatic rings. The zero-order valence-corrected chi connectivity index (χ0v) is 10.0. The van der Waals surface area contributed by atoms with Crippen molar-refractivity contribution in [3.8, 4) is 12.1 Å². The average Bonchev–Trinajstić information content (AvgIpc) is 2.83. The van der Waals surface area contributed by atoms with Crippen LogP contribution in [-0.4, -0.2) is 20.8 Å². The van der Waals surface area contributed by atoms with Gasteiger partial charge >= 0.3 is 0 Å². The van der Waals surface area contributed by atoms with Crippen LogP contribution in [-0.2, 0) is 0 Å². The first-order chi connectivity index (χ1) is 9.13. The van der Waals surface area contributed by atoms with E-state index in [0.29, 0.717) is 17.0 Å². The van der Waals surface area contributed by atoms with Crippen molar-refractivity contribution in [3.63, 3.8) is 0 Å². The Morgan fingerprint density at radius 1 is 1.47 bits per heavy atom. The number of rotatable bonds is 3. The third-order valence-electron chi connectivity index (χ3n) is 2.40. The number of anilines is 1. The van der Waals surface area contributed by atoms with E-state index in [9.17, 15) is 5.11 Å². The predicted molar refractivity (Wildman–Crippen MR) is 69.0 cm³/mol. The lowest BCUT2D eigenvalue weighted by Crippen LogP contribution is -1.96. The number of aromatic amines is 1. The van der Waals surface area contributed by atoms with Gasteiger partial charge in [-0.1, -0.05) is 0 Å². The molecule has 94 valence electrons. The van der Waals surface area contributed by atoms with E-state index >= 15 is 0 Å². The summed E-state index contributed by atoms with van der Waals surface area (Å²) in [5.41, 5.74) is 4.40. The number of nitrogens with one attached hydrogen (secondary N) is 2. The maximum absolute atomic E-state index is 9.43. The fourth-order valence-electron chi connectivity index (χ4n) is 1.49. The van der Waals surface area contributed by atoms with Crippen molar-refractivity contribution in [2.75, 3.05) is 5.43 Å². The molecule has 0 amide bonds. The average molecular weight is 254 g/mol. The maximum atomic E-state index is 9.43. The molecule has 7 nitrogen and oxygen atoms in total. The lowest BCUT2D eigenvalue weighted by molar-refractivity contribution is 0.190. The van der Waals surface area contributed by atoms with Crippen LogP contribution in [0.4, 0.5) is 5.69 Å². The molecule has 1 unspecified atom stereocenters. The summed E-state index contributed by atoms with van der Waals surface area (Å²) in [5.74, 6) is 0.477. The Kier molecular flexibility index (Phi) is 3.42. The number of hydrogen-bond donors (Lipinski definition) is 3. The molecule has 0 aliphatic carbocycles. The molecule has 0 saturated heterocycles. The smallest absolute Gasteiger partial charge is 0.237 e. The highest BCUT2D eigenvalue weighted by molar-refractivity contribution is 6.10. The first-order valence-electron chi connectivity index (χ1n) is 5.45. The lowest BCUT2D eigenvalue weighted by Gasteiger charge is -1.98. The Morgan fingerprint density at radius 3 is 2.84 bits per heavy atom. The van der Waals surface area contributed by atoms with Crippen LogP contribution in [0.1, 0.15) is 18.9 Å². The lowest BCUT2D eigenvalue weighted by atomic mass is 10.3. The number of aliphatic hydroxyl groups is 1. The van der Waals surface area contributed by atoms with Gasteiger partial charge in [0.25, 0.3) is 0 Å². The predicted octanol–water partition coefficient (Wildman–Crippen LogP) is 1.43. The molecular weight excluding hydrogens is 244 g/mol. The van der Waals surface area contributed by atoms with Crippen molar-refractivity contribution < 1.29 is 5.11 Å². The molecule has 1 aromatic heterocycles. The third kappa shape index (κ3) is 2.68. The number of aliphatic hydroxyl groups excluding tert-OH is 1. The molecule has 2 rings (SSSR count). The summed E-state index contributed by atoms with van der Waals surface area (Å²) in [5, 5.41) is 30.2. The minimum absolute atomic E-state index is 0.255. The van der Waals surface area contributed by atoms with Crippen LogP contribution in [0.5, 0.6) is 0 Å². The highest BCUT2D eigenvalue weighted by Crippen LogP contribution is 2.19. The number of hydrogen-bond acceptors (Lipinski definition) is 6. The van der Waals surface area contributed by atoms with E-state index in [4.69, 9.17) is 10.5 Å². The standard InChI is InChI=1S/C12H10N6O/c1-7(19)12-15-10-3-2-8(4-11(10)16-12)17-18-9(5-13)6-14/h2-4,7,17,19H,1H3,(H,15,16). The topological polar surface area (TPSA) is 121 Å². The second-order valence-corrected chi connectivity index (χ2v) is 3.83. The Hall–Kier alpha value is -2.90. The van der Waals surface area contributed by atoms with Gasteiger partial charge in [-0.15, -0.1) is 0 Å². The van der Waals surface area contributed by atoms with Crippen molar-refractivity contribution in [2.24, 2.45) is 5.10 Å². The fraction of sp³-hybridized carbons (Fsp3) is 0.167. The van der Waals surface area contributed by atoms with Crippen LogP contribution < -0.4 is 5.43 Å². The summed E-state index contributed by atoms with van der Waals surface area (Å²) >= 11 is 0. The summed E-state index contributed by atoms with van der Waals surface area (Å²) in [7, 11) is 0. The number of aromatic nitrogens is 2. The Bertz CT molecular complexity index is 700. The van der Waals surface area contributed by atoms with Gasteiger partial charge in [0.1, 0.15) is 24.1 Å². The van der Waals surface area contributed by atoms with E-state index in [2.05, 4.69) is 20.5 Å². The van der Waals surface area contributed by atoms with E-state index < -0.39 is 6.10 Å². The van der Waals surface area contributed by atoms with E-state index in [1.54, 1.807) is 37.3 Å². The number of nitrogens with zero attached hydrogens (tertiary/aromatic N) is 4. The fourth-order valence-corrected chi connectivity index (χ4v) is 1.49. The Labute approximate surface area is 108 Å². The SMILES string of the molecule is CC(O)c1nc2ccc(NN=C(C#N)C#N)cc2[nH]1. The molecule has 0 bridgehead atoms. The van der Waals surface area contributed by atoms with Crippen molar-refractivity contribution in [1.82, 2.24) is 9.97 Å². The van der Waals surface area contributed by atoms with Crippen molar-refractivity contribution in [2.45, 2.75) is 13.0 Å². The quantitative estimate of drug-likeness (QED) is 0.565. The summed E-state index contributed by atoms with van der Waals surface area (Å²) in [4.78, 5) is 7.18. The van der Waals surface area contributed by atoms with Gasteiger partial charge in [-0.2, -0.15) is 15.6 Å². The van der Waals surface area contributed by atoms with Gasteiger partial charge in [0.15, 0.2) is 0 Å². The first-order valence-corrected chi connectivity index (χ1v) is 5.45. The molecule has 1 aromatic carbocycles. The second-order valence-electron chi connectivity index (χ2n) is 3.83. The van der Waals surface area contributed by atoms with Crippen LogP contribution in [0, 0.1) is 22.7 Å². The largest absolute Gasteiger partial charge is 0.385 e. The van der Waals surface area contributed by atoms with Crippen molar-refractivity contribution >= 4 is 22.4 Å². The van der Waals surface area contributed by atoms with Gasteiger partial charge in [-0.25, -0.2) is 4.98 Å². The summed E-state index contributed by atoms with van der Waals surface area (Å²) in [6, 6.07) is 8.49. The molecular formula is C12H10N6O. The molecule has 0 aliphatic heterocycles. The number of fused-ring (bicyclic) bond motifs is 1. The van der Waals surface area contributed by atoms with E-state index in [1.807, 2.05) is 0 Å². The molecule has 0 spiro atoms. The second kappa shape index (κ2) is 5.17. The molecule has 0 fully saturated rings. The van der Waals surface area contributed by atoms with E-state index in [-0.39, 0.29) is 5.71 Å². The number of benzene rings is 1. The summed E-state index contributed by atoms with van der Waals surface area (Å²) in [6.45, 7) is 1.62. The van der Waals surface area contributed by atoms with Gasteiger partial charge in [0, 0.05) is 0 Å². The minimum atomic E-state index is -0.675. The number of H-pyrrole nitrogens is 1. The zero-order chi connectivity index (χ0) is 13.8. The Balaban J connectivity index is 2.30. The van der Waals surface area contributed by atoms with Crippen LogP contribution in [0.2, 0.25) is 0 Å². The van der Waals surface area contributed by atoms with Crippen LogP contribution >= 0.6 is 0 Å². The molecule has 0 radical (unpaired) electrons. The summed E-state index contributed by atoms with van der Waals surface area (Å²) in [6.07, 6.45) is -0.675. The first kappa shape index (κ1) is 12.6. The third-order valence-corrected chi connectivity index (χ3v) is 2.40. The monoisotopic (exact) mass is 254 g/mol. The van der Waals surface area contributed by atoms with Gasteiger partial charge in [0.05, 0.1) is 16.7 Å². The number of imidazole rings is 1. The molecule has 0 saturated carbocycles. The Morgan fingerprint density at radius 2 is 2.21 bits per heavy atom. The van der Waals surface area contributed by atoms with Crippen LogP contribution in [0.3, 0.4) is 0 Å². The molecule has 0 aliphatic rings. The number of hydrazone groups is 1. The molecule has 3 N–H and O–H groups in total. The highest BCUT2D eigenvalue weighted by Gasteiger charge is 2.07.